The molecule has 2 aromatic heterocycles. The minimum Gasteiger partial charge on any atom is -0.626 e. The number of rotatable bonds is 9. The molecule has 38 heavy (non-hydrogen) atoms. The predicted octanol–water partition coefficient (Wildman–Crippen LogP) is 0.764. The molecule has 2 aromatic carbocycles. The van der Waals surface area contributed by atoms with Crippen molar-refractivity contribution in [3.05, 3.63) is 118 Å². The van der Waals surface area contributed by atoms with Gasteiger partial charge in [-0.05, 0) is 34.9 Å². The Morgan fingerprint density at radius 1 is 1.00 bits per heavy atom. The molecule has 3 unspecified atom stereocenters. The molecule has 5 rings (SSSR count). The van der Waals surface area contributed by atoms with Crippen LogP contribution in [0.25, 0.3) is 5.82 Å². The van der Waals surface area contributed by atoms with E-state index in [2.05, 4.69) is 27.1 Å². The van der Waals surface area contributed by atoms with Gasteiger partial charge < -0.3 is 16.0 Å². The number of hydrogen-bond acceptors (Lipinski definition) is 7. The second-order valence-electron chi connectivity index (χ2n) is 9.38. The van der Waals surface area contributed by atoms with Crippen LogP contribution >= 0.6 is 0 Å². The smallest absolute Gasteiger partial charge is 0.348 e. The van der Waals surface area contributed by atoms with Crippen LogP contribution in [0.4, 0.5) is 0 Å². The van der Waals surface area contributed by atoms with Gasteiger partial charge >= 0.3 is 5.91 Å². The number of amides is 2. The summed E-state index contributed by atoms with van der Waals surface area (Å²) >= 11 is 0. The number of nitrogens with zero attached hydrogens (tertiary/aromatic N) is 4. The van der Waals surface area contributed by atoms with Gasteiger partial charge in [-0.2, -0.15) is 5.10 Å². The number of benzene rings is 2. The summed E-state index contributed by atoms with van der Waals surface area (Å²) in [4.78, 5) is 31.8. The molecule has 0 fully saturated rings. The Labute approximate surface area is 219 Å². The second kappa shape index (κ2) is 11.0. The number of aliphatic hydroxyl groups is 1. The first-order valence-electron chi connectivity index (χ1n) is 12.3. The van der Waals surface area contributed by atoms with E-state index in [-0.39, 0.29) is 17.8 Å². The number of fused-ring (bicyclic) bond motifs is 1. The molecule has 194 valence electrons. The number of quaternary nitrogens is 1. The number of hydroxylamine groups is 2. The first-order chi connectivity index (χ1) is 18.4. The highest BCUT2D eigenvalue weighted by Gasteiger charge is 2.35. The van der Waals surface area contributed by atoms with Crippen LogP contribution in [-0.4, -0.2) is 48.7 Å². The van der Waals surface area contributed by atoms with Crippen molar-refractivity contribution in [3.63, 3.8) is 0 Å². The summed E-state index contributed by atoms with van der Waals surface area (Å²) in [5.74, 6) is -1.76. The van der Waals surface area contributed by atoms with Gasteiger partial charge in [-0.3, -0.25) is 14.8 Å². The number of carbonyl (C=O) groups is 2. The summed E-state index contributed by atoms with van der Waals surface area (Å²) in [6.45, 7) is 2.27. The number of nitrogens with two attached hydrogens (primary N) is 1. The Hall–Kier alpha value is -4.22. The van der Waals surface area contributed by atoms with E-state index in [9.17, 15) is 19.9 Å². The van der Waals surface area contributed by atoms with E-state index < -0.39 is 29.0 Å². The molecular weight excluding hydrogens is 484 g/mol. The van der Waals surface area contributed by atoms with Crippen LogP contribution in [0.3, 0.4) is 0 Å². The molecule has 10 heteroatoms. The Morgan fingerprint density at radius 3 is 2.37 bits per heavy atom. The molecule has 3 atom stereocenters. The van der Waals surface area contributed by atoms with E-state index in [4.69, 9.17) is 5.73 Å². The average Bonchev–Trinajstić information content (AvgIpc) is 3.57. The molecule has 0 spiro atoms. The number of nitrogens with one attached hydrogen (secondary N) is 1. The first kappa shape index (κ1) is 25.4. The molecule has 0 saturated carbocycles. The second-order valence-corrected chi connectivity index (χ2v) is 9.38. The molecule has 1 aliphatic heterocycles. The van der Waals surface area contributed by atoms with Crippen molar-refractivity contribution < 1.29 is 19.8 Å². The zero-order chi connectivity index (χ0) is 26.6. The third kappa shape index (κ3) is 5.38. The SMILES string of the molecule is NC(=O)C(O)C(Cc1ccccc1)[NH+]([O-])C(=O)c1cccnc1-n1ccc(CN2Cc3ccccc3C2)n1. The van der Waals surface area contributed by atoms with E-state index in [1.807, 2.05) is 18.2 Å². The van der Waals surface area contributed by atoms with Crippen molar-refractivity contribution in [1.82, 2.24) is 19.7 Å². The van der Waals surface area contributed by atoms with Crippen molar-refractivity contribution in [2.45, 2.75) is 38.2 Å². The maximum atomic E-state index is 13.4. The normalized spacial score (nSPS) is 15.5. The van der Waals surface area contributed by atoms with Crippen LogP contribution < -0.4 is 10.8 Å². The van der Waals surface area contributed by atoms with Gasteiger partial charge in [0.2, 0.25) is 0 Å². The first-order valence-corrected chi connectivity index (χ1v) is 12.3. The number of pyridine rings is 1. The molecule has 4 aromatic rings. The summed E-state index contributed by atoms with van der Waals surface area (Å²) in [7, 11) is 0. The third-order valence-electron chi connectivity index (χ3n) is 6.72. The third-order valence-corrected chi connectivity index (χ3v) is 6.72. The molecule has 3 heterocycles. The van der Waals surface area contributed by atoms with E-state index in [0.29, 0.717) is 12.1 Å². The fourth-order valence-corrected chi connectivity index (χ4v) is 4.78. The highest BCUT2D eigenvalue weighted by molar-refractivity contribution is 5.91. The van der Waals surface area contributed by atoms with Gasteiger partial charge in [-0.25, -0.2) is 14.5 Å². The zero-order valence-electron chi connectivity index (χ0n) is 20.6. The summed E-state index contributed by atoms with van der Waals surface area (Å²) in [5.41, 5.74) is 9.40. The van der Waals surface area contributed by atoms with Gasteiger partial charge in [0.15, 0.2) is 11.9 Å². The Morgan fingerprint density at radius 2 is 1.68 bits per heavy atom. The van der Waals surface area contributed by atoms with Gasteiger partial charge in [0, 0.05) is 38.4 Å². The fourth-order valence-electron chi connectivity index (χ4n) is 4.78. The van der Waals surface area contributed by atoms with Crippen LogP contribution in [0.1, 0.15) is 32.7 Å². The van der Waals surface area contributed by atoms with Gasteiger partial charge in [-0.1, -0.05) is 54.6 Å². The standard InChI is InChI=1S/C28H28N6O4/c29-26(36)25(35)24(15-19-7-2-1-3-8-19)34(38)28(37)23-11-6-13-30-27(23)33-14-12-22(31-33)18-32-16-20-9-4-5-10-21(20)17-32/h1-14,24-25,34-35H,15-18H2,(H2,29,36). The van der Waals surface area contributed by atoms with E-state index >= 15 is 0 Å². The van der Waals surface area contributed by atoms with Gasteiger partial charge in [0.05, 0.1) is 5.69 Å². The lowest BCUT2D eigenvalue weighted by molar-refractivity contribution is -0.792. The van der Waals surface area contributed by atoms with Crippen LogP contribution in [-0.2, 0) is 30.8 Å². The fraction of sp³-hybridized carbons (Fsp3) is 0.214. The Kier molecular flexibility index (Phi) is 7.38. The van der Waals surface area contributed by atoms with Crippen LogP contribution in [0, 0.1) is 5.21 Å². The molecule has 1 aliphatic rings. The van der Waals surface area contributed by atoms with Gasteiger partial charge in [0.1, 0.15) is 11.6 Å². The largest absolute Gasteiger partial charge is 0.626 e. The molecule has 0 bridgehead atoms. The molecule has 2 amide bonds. The summed E-state index contributed by atoms with van der Waals surface area (Å²) in [6.07, 6.45) is 1.37. The minimum atomic E-state index is -1.81. The lowest BCUT2D eigenvalue weighted by Crippen LogP contribution is -3.16. The average molecular weight is 513 g/mol. The number of aromatic nitrogens is 3. The highest BCUT2D eigenvalue weighted by Crippen LogP contribution is 2.23. The molecule has 0 aliphatic carbocycles. The quantitative estimate of drug-likeness (QED) is 0.281. The van der Waals surface area contributed by atoms with Crippen LogP contribution in [0.5, 0.6) is 0 Å². The molecule has 0 radical (unpaired) electrons. The summed E-state index contributed by atoms with van der Waals surface area (Å²) in [6, 6.07) is 20.7. The minimum absolute atomic E-state index is 0.0186. The maximum Gasteiger partial charge on any atom is 0.348 e. The van der Waals surface area contributed by atoms with Gasteiger partial charge in [0.25, 0.3) is 5.91 Å². The maximum absolute atomic E-state index is 13.4. The number of aliphatic hydroxyl groups excluding tert-OH is 1. The van der Waals surface area contributed by atoms with Crippen molar-refractivity contribution >= 4 is 11.8 Å². The monoisotopic (exact) mass is 512 g/mol. The number of carbonyl (C=O) groups excluding carboxylic acids is 2. The lowest BCUT2D eigenvalue weighted by Gasteiger charge is -2.31. The topological polar surface area (TPSA) is 142 Å². The summed E-state index contributed by atoms with van der Waals surface area (Å²) in [5, 5.41) is 27.4. The van der Waals surface area contributed by atoms with E-state index in [1.54, 1.807) is 42.6 Å². The van der Waals surface area contributed by atoms with Gasteiger partial charge in [-0.15, -0.1) is 0 Å². The molecule has 0 saturated heterocycles. The van der Waals surface area contributed by atoms with E-state index in [1.165, 1.54) is 28.1 Å². The molecular formula is C28H28N6O4. The molecule has 10 nitrogen and oxygen atoms in total. The summed E-state index contributed by atoms with van der Waals surface area (Å²) < 4.78 is 1.47. The predicted molar refractivity (Wildman–Crippen MR) is 139 cm³/mol. The van der Waals surface area contributed by atoms with Crippen molar-refractivity contribution in [2.75, 3.05) is 0 Å². The van der Waals surface area contributed by atoms with Crippen molar-refractivity contribution in [2.24, 2.45) is 5.73 Å². The zero-order valence-corrected chi connectivity index (χ0v) is 20.6. The van der Waals surface area contributed by atoms with Crippen molar-refractivity contribution in [3.8, 4) is 5.82 Å². The Bertz CT molecular complexity index is 1420. The van der Waals surface area contributed by atoms with E-state index in [0.717, 1.165) is 18.8 Å². The molecule has 4 N–H and O–H groups in total. The number of hydrogen-bond donors (Lipinski definition) is 3. The highest BCUT2D eigenvalue weighted by atomic mass is 16.5. The van der Waals surface area contributed by atoms with Crippen LogP contribution in [0.15, 0.2) is 85.2 Å². The van der Waals surface area contributed by atoms with Crippen molar-refractivity contribution in [1.29, 1.82) is 0 Å². The Balaban J connectivity index is 1.36. The van der Waals surface area contributed by atoms with Crippen LogP contribution in [0.2, 0.25) is 0 Å². The lowest BCUT2D eigenvalue weighted by atomic mass is 10.00. The number of primary amides is 1.